The van der Waals surface area contributed by atoms with E-state index in [1.54, 1.807) is 4.90 Å². The summed E-state index contributed by atoms with van der Waals surface area (Å²) in [6.07, 6.45) is 0.979. The normalized spacial score (nSPS) is 27.4. The van der Waals surface area contributed by atoms with E-state index in [0.29, 0.717) is 39.0 Å². The monoisotopic (exact) mass is 304 g/mol. The van der Waals surface area contributed by atoms with Gasteiger partial charge in [0.1, 0.15) is 0 Å². The summed E-state index contributed by atoms with van der Waals surface area (Å²) in [7, 11) is -3.21. The van der Waals surface area contributed by atoms with Crippen molar-refractivity contribution in [1.82, 2.24) is 9.21 Å². The number of carbonyl (C=O) groups excluding carboxylic acids is 1. The maximum absolute atomic E-state index is 12.1. The van der Waals surface area contributed by atoms with Gasteiger partial charge in [0, 0.05) is 26.2 Å². The highest BCUT2D eigenvalue weighted by Gasteiger charge is 2.50. The number of hydrogen-bond acceptors (Lipinski definition) is 4. The molecule has 7 nitrogen and oxygen atoms in total. The Labute approximate surface area is 118 Å². The summed E-state index contributed by atoms with van der Waals surface area (Å²) in [4.78, 5) is 24.4. The average Bonchev–Trinajstić information content (AvgIpc) is 3.18. The Morgan fingerprint density at radius 3 is 2.20 bits per heavy atom. The molecule has 0 spiro atoms. The van der Waals surface area contributed by atoms with E-state index in [4.69, 9.17) is 5.11 Å². The van der Waals surface area contributed by atoms with Crippen molar-refractivity contribution in [2.75, 3.05) is 31.9 Å². The minimum absolute atomic E-state index is 0.130. The molecule has 2 aliphatic rings. The summed E-state index contributed by atoms with van der Waals surface area (Å²) >= 11 is 0. The Morgan fingerprint density at radius 2 is 1.75 bits per heavy atom. The number of carboxylic acids is 1. The summed E-state index contributed by atoms with van der Waals surface area (Å²) in [5.41, 5.74) is 0. The predicted molar refractivity (Wildman–Crippen MR) is 71.5 cm³/mol. The molecular weight excluding hydrogens is 284 g/mol. The van der Waals surface area contributed by atoms with Gasteiger partial charge in [-0.25, -0.2) is 8.42 Å². The van der Waals surface area contributed by atoms with Crippen LogP contribution in [0.15, 0.2) is 0 Å². The Kier molecular flexibility index (Phi) is 4.33. The minimum atomic E-state index is -3.21. The molecule has 0 bridgehead atoms. The number of hydrogen-bond donors (Lipinski definition) is 1. The molecule has 8 heteroatoms. The highest BCUT2D eigenvalue weighted by atomic mass is 32.2. The Balaban J connectivity index is 1.86. The van der Waals surface area contributed by atoms with Gasteiger partial charge in [-0.3, -0.25) is 9.59 Å². The third kappa shape index (κ3) is 3.12. The van der Waals surface area contributed by atoms with E-state index in [9.17, 15) is 18.0 Å². The molecule has 0 radical (unpaired) electrons. The third-order valence-electron chi connectivity index (χ3n) is 3.83. The van der Waals surface area contributed by atoms with Crippen LogP contribution in [0.4, 0.5) is 0 Å². The zero-order chi connectivity index (χ0) is 14.9. The molecule has 2 fully saturated rings. The van der Waals surface area contributed by atoms with Crippen molar-refractivity contribution in [2.24, 2.45) is 11.8 Å². The molecule has 1 aliphatic carbocycles. The number of piperazine rings is 1. The van der Waals surface area contributed by atoms with Crippen LogP contribution in [0.5, 0.6) is 0 Å². The van der Waals surface area contributed by atoms with Crippen molar-refractivity contribution < 1.29 is 23.1 Å². The molecule has 0 aromatic rings. The largest absolute Gasteiger partial charge is 0.481 e. The molecule has 1 amide bonds. The lowest BCUT2D eigenvalue weighted by molar-refractivity contribution is -0.142. The van der Waals surface area contributed by atoms with Crippen molar-refractivity contribution in [2.45, 2.75) is 19.8 Å². The molecule has 1 saturated heterocycles. The van der Waals surface area contributed by atoms with Crippen LogP contribution in [0.3, 0.4) is 0 Å². The summed E-state index contributed by atoms with van der Waals surface area (Å²) in [5.74, 6) is -1.90. The predicted octanol–water partition coefficient (Wildman–Crippen LogP) is -0.409. The van der Waals surface area contributed by atoms with Gasteiger partial charge in [-0.2, -0.15) is 4.31 Å². The molecule has 1 heterocycles. The quantitative estimate of drug-likeness (QED) is 0.745. The van der Waals surface area contributed by atoms with Crippen LogP contribution in [-0.2, 0) is 19.6 Å². The number of nitrogens with zero attached hydrogens (tertiary/aromatic N) is 2. The van der Waals surface area contributed by atoms with Crippen molar-refractivity contribution in [3.05, 3.63) is 0 Å². The lowest BCUT2D eigenvalue weighted by Gasteiger charge is -2.34. The smallest absolute Gasteiger partial charge is 0.307 e. The Bertz CT molecular complexity index is 496. The number of carboxylic acid groups (broad SMARTS) is 1. The van der Waals surface area contributed by atoms with Gasteiger partial charge >= 0.3 is 5.97 Å². The first-order valence-corrected chi connectivity index (χ1v) is 8.47. The Morgan fingerprint density at radius 1 is 1.15 bits per heavy atom. The highest BCUT2D eigenvalue weighted by molar-refractivity contribution is 7.89. The van der Waals surface area contributed by atoms with E-state index in [2.05, 4.69) is 0 Å². The van der Waals surface area contributed by atoms with E-state index >= 15 is 0 Å². The van der Waals surface area contributed by atoms with Crippen LogP contribution in [-0.4, -0.2) is 66.5 Å². The van der Waals surface area contributed by atoms with Crippen molar-refractivity contribution in [3.8, 4) is 0 Å². The summed E-state index contributed by atoms with van der Waals surface area (Å²) in [5, 5.41) is 8.82. The first-order chi connectivity index (χ1) is 9.36. The maximum Gasteiger partial charge on any atom is 0.307 e. The van der Waals surface area contributed by atoms with Gasteiger partial charge in [-0.1, -0.05) is 6.92 Å². The maximum atomic E-state index is 12.1. The van der Waals surface area contributed by atoms with Crippen molar-refractivity contribution in [1.29, 1.82) is 0 Å². The van der Waals surface area contributed by atoms with Gasteiger partial charge in [0.15, 0.2) is 0 Å². The first-order valence-electron chi connectivity index (χ1n) is 6.86. The van der Waals surface area contributed by atoms with E-state index in [1.165, 1.54) is 4.31 Å². The number of rotatable bonds is 5. The molecule has 0 aromatic carbocycles. The number of carbonyl (C=O) groups is 2. The van der Waals surface area contributed by atoms with Gasteiger partial charge in [0.05, 0.1) is 17.6 Å². The fraction of sp³-hybridized carbons (Fsp3) is 0.833. The van der Waals surface area contributed by atoms with Crippen LogP contribution in [0.25, 0.3) is 0 Å². The van der Waals surface area contributed by atoms with Gasteiger partial charge in [-0.05, 0) is 12.8 Å². The summed E-state index contributed by atoms with van der Waals surface area (Å²) < 4.78 is 25.2. The molecule has 2 rings (SSSR count). The van der Waals surface area contributed by atoms with Crippen molar-refractivity contribution in [3.63, 3.8) is 0 Å². The molecule has 20 heavy (non-hydrogen) atoms. The molecule has 0 aromatic heterocycles. The lowest BCUT2D eigenvalue weighted by Crippen LogP contribution is -2.51. The van der Waals surface area contributed by atoms with E-state index in [1.807, 2.05) is 6.92 Å². The second kappa shape index (κ2) is 5.69. The highest BCUT2D eigenvalue weighted by Crippen LogP contribution is 2.40. The summed E-state index contributed by atoms with van der Waals surface area (Å²) in [6.45, 7) is 3.13. The zero-order valence-corrected chi connectivity index (χ0v) is 12.3. The summed E-state index contributed by atoms with van der Waals surface area (Å²) in [6, 6.07) is 0. The Hall–Kier alpha value is -1.15. The SMILES string of the molecule is CCCS(=O)(=O)N1CCN(C(=O)C2CC2C(=O)O)CC1. The van der Waals surface area contributed by atoms with Crippen molar-refractivity contribution >= 4 is 21.9 Å². The molecular formula is C12H20N2O5S. The van der Waals surface area contributed by atoms with Gasteiger partial charge < -0.3 is 10.0 Å². The fourth-order valence-corrected chi connectivity index (χ4v) is 4.04. The van der Waals surface area contributed by atoms with E-state index in [0.717, 1.165) is 0 Å². The molecule has 2 unspecified atom stereocenters. The lowest BCUT2D eigenvalue weighted by atomic mass is 10.2. The van der Waals surface area contributed by atoms with Crippen LogP contribution >= 0.6 is 0 Å². The number of amides is 1. The standard InChI is InChI=1S/C12H20N2O5S/c1-2-7-20(18,19)14-5-3-13(4-6-14)11(15)9-8-10(9)12(16)17/h9-10H,2-8H2,1H3,(H,16,17). The topological polar surface area (TPSA) is 95.0 Å². The molecule has 1 saturated carbocycles. The van der Waals surface area contributed by atoms with E-state index in [-0.39, 0.29) is 11.7 Å². The first kappa shape index (κ1) is 15.2. The van der Waals surface area contributed by atoms with Crippen LogP contribution in [0, 0.1) is 11.8 Å². The van der Waals surface area contributed by atoms with Crippen LogP contribution in [0.2, 0.25) is 0 Å². The molecule has 1 N–H and O–H groups in total. The second-order valence-corrected chi connectivity index (χ2v) is 7.42. The fourth-order valence-electron chi connectivity index (χ4n) is 2.55. The average molecular weight is 304 g/mol. The number of sulfonamides is 1. The van der Waals surface area contributed by atoms with Gasteiger partial charge in [0.25, 0.3) is 0 Å². The second-order valence-electron chi connectivity index (χ2n) is 5.33. The zero-order valence-electron chi connectivity index (χ0n) is 11.5. The van der Waals surface area contributed by atoms with Gasteiger partial charge in [-0.15, -0.1) is 0 Å². The molecule has 1 aliphatic heterocycles. The minimum Gasteiger partial charge on any atom is -0.481 e. The third-order valence-corrected chi connectivity index (χ3v) is 5.91. The van der Waals surface area contributed by atoms with Crippen LogP contribution < -0.4 is 0 Å². The van der Waals surface area contributed by atoms with Gasteiger partial charge in [0.2, 0.25) is 15.9 Å². The molecule has 2 atom stereocenters. The van der Waals surface area contributed by atoms with Crippen LogP contribution in [0.1, 0.15) is 19.8 Å². The number of aliphatic carboxylic acids is 1. The molecule has 114 valence electrons. The van der Waals surface area contributed by atoms with E-state index < -0.39 is 27.8 Å².